The molecule has 1 aliphatic heterocycles. The highest BCUT2D eigenvalue weighted by Crippen LogP contribution is 2.16. The van der Waals surface area contributed by atoms with Crippen molar-refractivity contribution in [1.82, 2.24) is 19.6 Å². The number of rotatable bonds is 6. The van der Waals surface area contributed by atoms with Gasteiger partial charge >= 0.3 is 0 Å². The van der Waals surface area contributed by atoms with Gasteiger partial charge in [0.1, 0.15) is 11.7 Å². The fraction of sp³-hybridized carbons (Fsp3) is 0.450. The van der Waals surface area contributed by atoms with Crippen LogP contribution in [0.5, 0.6) is 0 Å². The second-order valence-electron chi connectivity index (χ2n) is 6.99. The van der Waals surface area contributed by atoms with Crippen LogP contribution in [0, 0.1) is 0 Å². The standard InChI is InChI=1S/C20H25ClN4O2/c1-23(20(27)15-25-19(26)10-9-18(21)22-25)17-8-5-12-24(14-17)13-11-16-6-3-2-4-7-16/h2-4,6-7,9-10,17H,5,8,11-15H2,1H3/t17-/m1/s1. The molecule has 0 aliphatic carbocycles. The van der Waals surface area contributed by atoms with Gasteiger partial charge in [0.2, 0.25) is 5.91 Å². The average Bonchev–Trinajstić information content (AvgIpc) is 2.69. The highest BCUT2D eigenvalue weighted by atomic mass is 35.5. The maximum Gasteiger partial charge on any atom is 0.267 e. The molecule has 1 saturated heterocycles. The van der Waals surface area contributed by atoms with Crippen LogP contribution in [0.15, 0.2) is 47.3 Å². The molecule has 0 unspecified atom stereocenters. The van der Waals surface area contributed by atoms with E-state index in [4.69, 9.17) is 11.6 Å². The summed E-state index contributed by atoms with van der Waals surface area (Å²) in [6.07, 6.45) is 3.04. The second kappa shape index (κ2) is 9.15. The Bertz CT molecular complexity index is 824. The van der Waals surface area contributed by atoms with Gasteiger partial charge in [-0.25, -0.2) is 4.68 Å². The van der Waals surface area contributed by atoms with Gasteiger partial charge in [0, 0.05) is 32.2 Å². The van der Waals surface area contributed by atoms with E-state index in [1.54, 1.807) is 4.90 Å². The van der Waals surface area contributed by atoms with E-state index >= 15 is 0 Å². The summed E-state index contributed by atoms with van der Waals surface area (Å²) < 4.78 is 1.12. The molecule has 0 N–H and O–H groups in total. The number of likely N-dealkylation sites (tertiary alicyclic amines) is 1. The lowest BCUT2D eigenvalue weighted by molar-refractivity contribution is -0.133. The molecule has 27 heavy (non-hydrogen) atoms. The third-order valence-corrected chi connectivity index (χ3v) is 5.30. The highest BCUT2D eigenvalue weighted by Gasteiger charge is 2.26. The molecule has 1 atom stereocenters. The van der Waals surface area contributed by atoms with Crippen molar-refractivity contribution in [1.29, 1.82) is 0 Å². The first-order valence-corrected chi connectivity index (χ1v) is 9.66. The molecule has 2 aromatic rings. The van der Waals surface area contributed by atoms with E-state index in [0.29, 0.717) is 0 Å². The van der Waals surface area contributed by atoms with Gasteiger partial charge in [-0.15, -0.1) is 0 Å². The summed E-state index contributed by atoms with van der Waals surface area (Å²) in [4.78, 5) is 28.6. The van der Waals surface area contributed by atoms with Gasteiger partial charge in [-0.2, -0.15) is 5.10 Å². The van der Waals surface area contributed by atoms with Crippen LogP contribution in [0.1, 0.15) is 18.4 Å². The minimum Gasteiger partial charge on any atom is -0.340 e. The summed E-state index contributed by atoms with van der Waals surface area (Å²) in [6.45, 7) is 2.81. The van der Waals surface area contributed by atoms with Crippen LogP contribution in [0.25, 0.3) is 0 Å². The van der Waals surface area contributed by atoms with Crippen LogP contribution in [0.4, 0.5) is 0 Å². The van der Waals surface area contributed by atoms with Gasteiger partial charge in [-0.05, 0) is 37.4 Å². The minimum absolute atomic E-state index is 0.0869. The Hall–Kier alpha value is -2.18. The zero-order valence-corrected chi connectivity index (χ0v) is 16.3. The summed E-state index contributed by atoms with van der Waals surface area (Å²) >= 11 is 5.83. The Morgan fingerprint density at radius 3 is 2.81 bits per heavy atom. The van der Waals surface area contributed by atoms with Crippen molar-refractivity contribution in [2.24, 2.45) is 0 Å². The van der Waals surface area contributed by atoms with E-state index in [2.05, 4.69) is 34.3 Å². The molecular weight excluding hydrogens is 364 g/mol. The van der Waals surface area contributed by atoms with E-state index in [1.807, 2.05) is 13.1 Å². The van der Waals surface area contributed by atoms with E-state index in [0.717, 1.165) is 43.6 Å². The quantitative estimate of drug-likeness (QED) is 0.760. The van der Waals surface area contributed by atoms with Gasteiger partial charge < -0.3 is 9.80 Å². The fourth-order valence-corrected chi connectivity index (χ4v) is 3.62. The van der Waals surface area contributed by atoms with Crippen LogP contribution in [-0.2, 0) is 17.8 Å². The largest absolute Gasteiger partial charge is 0.340 e. The number of piperidine rings is 1. The van der Waals surface area contributed by atoms with Gasteiger partial charge in [-0.1, -0.05) is 41.9 Å². The second-order valence-corrected chi connectivity index (χ2v) is 7.38. The van der Waals surface area contributed by atoms with Crippen molar-refractivity contribution < 1.29 is 4.79 Å². The lowest BCUT2D eigenvalue weighted by Crippen LogP contribution is -2.50. The van der Waals surface area contributed by atoms with Crippen LogP contribution in [0.2, 0.25) is 5.15 Å². The zero-order valence-electron chi connectivity index (χ0n) is 15.6. The first-order chi connectivity index (χ1) is 13.0. The fourth-order valence-electron chi connectivity index (χ4n) is 3.46. The van der Waals surface area contributed by atoms with Crippen molar-refractivity contribution >= 4 is 17.5 Å². The maximum absolute atomic E-state index is 12.6. The van der Waals surface area contributed by atoms with Crippen LogP contribution < -0.4 is 5.56 Å². The first-order valence-electron chi connectivity index (χ1n) is 9.28. The number of likely N-dealkylation sites (N-methyl/N-ethyl adjacent to an activating group) is 1. The van der Waals surface area contributed by atoms with E-state index in [1.165, 1.54) is 17.7 Å². The molecule has 0 spiro atoms. The molecule has 0 saturated carbocycles. The Balaban J connectivity index is 1.55. The number of nitrogens with zero attached hydrogens (tertiary/aromatic N) is 4. The summed E-state index contributed by atoms with van der Waals surface area (Å²) in [7, 11) is 1.81. The predicted octanol–water partition coefficient (Wildman–Crippen LogP) is 2.06. The number of hydrogen-bond acceptors (Lipinski definition) is 4. The lowest BCUT2D eigenvalue weighted by atomic mass is 10.0. The zero-order chi connectivity index (χ0) is 19.2. The lowest BCUT2D eigenvalue weighted by Gasteiger charge is -2.37. The van der Waals surface area contributed by atoms with Crippen molar-refractivity contribution in [3.63, 3.8) is 0 Å². The van der Waals surface area contributed by atoms with E-state index in [9.17, 15) is 9.59 Å². The maximum atomic E-state index is 12.6. The number of hydrogen-bond donors (Lipinski definition) is 0. The summed E-state index contributed by atoms with van der Waals surface area (Å²) in [5.41, 5.74) is 1.00. The van der Waals surface area contributed by atoms with E-state index in [-0.39, 0.29) is 29.2 Å². The van der Waals surface area contributed by atoms with Gasteiger partial charge in [-0.3, -0.25) is 9.59 Å². The summed E-state index contributed by atoms with van der Waals surface area (Å²) in [5.74, 6) is -0.123. The van der Waals surface area contributed by atoms with Crippen LogP contribution >= 0.6 is 11.6 Å². The van der Waals surface area contributed by atoms with E-state index < -0.39 is 0 Å². The molecule has 6 nitrogen and oxygen atoms in total. The third kappa shape index (κ3) is 5.40. The number of carbonyl (C=O) groups excluding carboxylic acids is 1. The number of aromatic nitrogens is 2. The minimum atomic E-state index is -0.325. The summed E-state index contributed by atoms with van der Waals surface area (Å²) in [5, 5.41) is 4.13. The number of halogens is 1. The van der Waals surface area contributed by atoms with Gasteiger partial charge in [0.25, 0.3) is 5.56 Å². The monoisotopic (exact) mass is 388 g/mol. The molecule has 1 fully saturated rings. The molecule has 3 rings (SSSR count). The molecule has 1 amide bonds. The molecule has 144 valence electrons. The van der Waals surface area contributed by atoms with Gasteiger partial charge in [0.05, 0.1) is 0 Å². The molecule has 1 aliphatic rings. The number of carbonyl (C=O) groups is 1. The predicted molar refractivity (Wildman–Crippen MR) is 106 cm³/mol. The highest BCUT2D eigenvalue weighted by molar-refractivity contribution is 6.29. The molecular formula is C20H25ClN4O2. The molecule has 0 radical (unpaired) electrons. The van der Waals surface area contributed by atoms with Crippen molar-refractivity contribution in [2.75, 3.05) is 26.7 Å². The summed E-state index contributed by atoms with van der Waals surface area (Å²) in [6, 6.07) is 13.4. The van der Waals surface area contributed by atoms with Crippen LogP contribution in [-0.4, -0.2) is 58.2 Å². The van der Waals surface area contributed by atoms with Crippen molar-refractivity contribution in [3.8, 4) is 0 Å². The average molecular weight is 389 g/mol. The molecule has 1 aromatic heterocycles. The Morgan fingerprint density at radius 1 is 1.26 bits per heavy atom. The van der Waals surface area contributed by atoms with Crippen LogP contribution in [0.3, 0.4) is 0 Å². The van der Waals surface area contributed by atoms with Crippen molar-refractivity contribution in [3.05, 3.63) is 63.5 Å². The smallest absolute Gasteiger partial charge is 0.267 e. The SMILES string of the molecule is CN(C(=O)Cn1nc(Cl)ccc1=O)[C@@H]1CCCN(CCc2ccccc2)C1. The molecule has 0 bridgehead atoms. The Labute approximate surface area is 164 Å². The molecule has 2 heterocycles. The Kier molecular flexibility index (Phi) is 6.63. The topological polar surface area (TPSA) is 58.4 Å². The normalized spacial score (nSPS) is 17.6. The van der Waals surface area contributed by atoms with Gasteiger partial charge in [0.15, 0.2) is 0 Å². The third-order valence-electron chi connectivity index (χ3n) is 5.10. The Morgan fingerprint density at radius 2 is 2.04 bits per heavy atom. The first kappa shape index (κ1) is 19.6. The number of amides is 1. The molecule has 7 heteroatoms. The number of benzene rings is 1. The molecule has 1 aromatic carbocycles. The van der Waals surface area contributed by atoms with Crippen molar-refractivity contribution in [2.45, 2.75) is 31.8 Å².